The Bertz CT molecular complexity index is 454. The van der Waals surface area contributed by atoms with Crippen LogP contribution in [0.2, 0.25) is 0 Å². The maximum absolute atomic E-state index is 11.9. The Hall–Kier alpha value is -1.61. The Balaban J connectivity index is 2.35. The third-order valence-corrected chi connectivity index (χ3v) is 3.37. The Morgan fingerprint density at radius 2 is 2.35 bits per heavy atom. The van der Waals surface area contributed by atoms with Gasteiger partial charge in [-0.1, -0.05) is 18.2 Å². The zero-order valence-electron chi connectivity index (χ0n) is 10.0. The lowest BCUT2D eigenvalue weighted by atomic mass is 10.1. The van der Waals surface area contributed by atoms with Crippen molar-refractivity contribution in [2.75, 3.05) is 11.4 Å². The Morgan fingerprint density at radius 1 is 1.59 bits per heavy atom. The van der Waals surface area contributed by atoms with Crippen molar-refractivity contribution in [1.29, 1.82) is 0 Å². The lowest BCUT2D eigenvalue weighted by Gasteiger charge is -2.20. The van der Waals surface area contributed by atoms with Crippen molar-refractivity contribution in [1.82, 2.24) is 0 Å². The second-order valence-electron chi connectivity index (χ2n) is 4.42. The minimum absolute atomic E-state index is 0.00654. The van der Waals surface area contributed by atoms with Gasteiger partial charge < -0.3 is 10.0 Å². The van der Waals surface area contributed by atoms with Crippen molar-refractivity contribution in [2.24, 2.45) is 5.92 Å². The summed E-state index contributed by atoms with van der Waals surface area (Å²) in [5.74, 6) is 0.368. The lowest BCUT2D eigenvalue weighted by molar-refractivity contribution is -0.117. The highest BCUT2D eigenvalue weighted by molar-refractivity contribution is 5.96. The van der Waals surface area contributed by atoms with E-state index >= 15 is 0 Å². The summed E-state index contributed by atoms with van der Waals surface area (Å²) in [6.45, 7) is 6.38. The molecular weight excluding hydrogens is 214 g/mol. The molecule has 1 aromatic rings. The van der Waals surface area contributed by atoms with E-state index < -0.39 is 0 Å². The van der Waals surface area contributed by atoms with Gasteiger partial charge in [0.1, 0.15) is 0 Å². The molecule has 1 aliphatic heterocycles. The van der Waals surface area contributed by atoms with E-state index in [1.54, 1.807) is 4.90 Å². The molecule has 3 nitrogen and oxygen atoms in total. The van der Waals surface area contributed by atoms with Gasteiger partial charge in [-0.05, 0) is 24.1 Å². The first-order valence-corrected chi connectivity index (χ1v) is 5.79. The molecule has 0 aromatic heterocycles. The summed E-state index contributed by atoms with van der Waals surface area (Å²) in [6.07, 6.45) is 2.37. The topological polar surface area (TPSA) is 40.5 Å². The van der Waals surface area contributed by atoms with Gasteiger partial charge in [0.25, 0.3) is 0 Å². The van der Waals surface area contributed by atoms with E-state index in [9.17, 15) is 9.90 Å². The molecule has 1 N–H and O–H groups in total. The molecule has 0 aliphatic carbocycles. The van der Waals surface area contributed by atoms with Crippen LogP contribution < -0.4 is 4.90 Å². The van der Waals surface area contributed by atoms with Crippen molar-refractivity contribution < 1.29 is 9.90 Å². The summed E-state index contributed by atoms with van der Waals surface area (Å²) in [4.78, 5) is 13.7. The third kappa shape index (κ3) is 2.11. The maximum Gasteiger partial charge on any atom is 0.227 e. The number of rotatable bonds is 3. The van der Waals surface area contributed by atoms with E-state index in [4.69, 9.17) is 0 Å². The van der Waals surface area contributed by atoms with Crippen LogP contribution in [-0.2, 0) is 11.4 Å². The highest BCUT2D eigenvalue weighted by Gasteiger charge is 2.29. The van der Waals surface area contributed by atoms with Crippen LogP contribution in [0.3, 0.4) is 0 Å². The van der Waals surface area contributed by atoms with Crippen molar-refractivity contribution >= 4 is 11.6 Å². The van der Waals surface area contributed by atoms with E-state index in [1.807, 2.05) is 31.2 Å². The normalized spacial score (nSPS) is 19.8. The average Bonchev–Trinajstić information content (AvgIpc) is 2.71. The first-order valence-electron chi connectivity index (χ1n) is 5.79. The molecule has 3 heteroatoms. The number of hydrogen-bond acceptors (Lipinski definition) is 2. The van der Waals surface area contributed by atoms with Crippen molar-refractivity contribution in [2.45, 2.75) is 20.0 Å². The monoisotopic (exact) mass is 231 g/mol. The van der Waals surface area contributed by atoms with E-state index in [2.05, 4.69) is 6.58 Å². The van der Waals surface area contributed by atoms with Gasteiger partial charge in [-0.15, -0.1) is 6.58 Å². The Morgan fingerprint density at radius 3 is 2.94 bits per heavy atom. The fraction of sp³-hybridized carbons (Fsp3) is 0.357. The SMILES string of the molecule is C=CC1CC(=O)N(c2cccc(CO)c2C)C1. The highest BCUT2D eigenvalue weighted by atomic mass is 16.3. The van der Waals surface area contributed by atoms with Gasteiger partial charge in [0.15, 0.2) is 0 Å². The first-order chi connectivity index (χ1) is 8.17. The van der Waals surface area contributed by atoms with Gasteiger partial charge in [0.05, 0.1) is 6.61 Å². The fourth-order valence-electron chi connectivity index (χ4n) is 2.26. The second kappa shape index (κ2) is 4.72. The number of carbonyl (C=O) groups is 1. The van der Waals surface area contributed by atoms with Gasteiger partial charge in [-0.2, -0.15) is 0 Å². The zero-order chi connectivity index (χ0) is 12.4. The van der Waals surface area contributed by atoms with E-state index in [-0.39, 0.29) is 18.4 Å². The van der Waals surface area contributed by atoms with E-state index in [0.717, 1.165) is 16.8 Å². The van der Waals surface area contributed by atoms with Gasteiger partial charge >= 0.3 is 0 Å². The van der Waals surface area contributed by atoms with Crippen LogP contribution in [0, 0.1) is 12.8 Å². The van der Waals surface area contributed by atoms with Gasteiger partial charge in [0.2, 0.25) is 5.91 Å². The molecule has 0 bridgehead atoms. The van der Waals surface area contributed by atoms with Crippen molar-refractivity contribution in [3.63, 3.8) is 0 Å². The molecule has 1 aliphatic rings. The van der Waals surface area contributed by atoms with Crippen molar-refractivity contribution in [3.05, 3.63) is 42.0 Å². The molecule has 90 valence electrons. The number of hydrogen-bond donors (Lipinski definition) is 1. The molecule has 1 heterocycles. The van der Waals surface area contributed by atoms with Crippen LogP contribution in [0.5, 0.6) is 0 Å². The number of aliphatic hydroxyl groups excluding tert-OH is 1. The summed E-state index contributed by atoms with van der Waals surface area (Å²) in [7, 11) is 0. The first kappa shape index (κ1) is 11.9. The largest absolute Gasteiger partial charge is 0.392 e. The number of benzene rings is 1. The number of amides is 1. The third-order valence-electron chi connectivity index (χ3n) is 3.37. The predicted molar refractivity (Wildman–Crippen MR) is 67.8 cm³/mol. The summed E-state index contributed by atoms with van der Waals surface area (Å²) < 4.78 is 0. The minimum atomic E-state index is 0.00654. The summed E-state index contributed by atoms with van der Waals surface area (Å²) >= 11 is 0. The van der Waals surface area contributed by atoms with Gasteiger partial charge in [0, 0.05) is 24.6 Å². The number of anilines is 1. The lowest BCUT2D eigenvalue weighted by Crippen LogP contribution is -2.25. The van der Waals surface area contributed by atoms with Crippen LogP contribution in [0.4, 0.5) is 5.69 Å². The quantitative estimate of drug-likeness (QED) is 0.809. The molecular formula is C14H17NO2. The second-order valence-corrected chi connectivity index (χ2v) is 4.42. The molecule has 1 fully saturated rings. The van der Waals surface area contributed by atoms with Crippen LogP contribution in [0.15, 0.2) is 30.9 Å². The molecule has 0 saturated carbocycles. The summed E-state index contributed by atoms with van der Waals surface area (Å²) in [5, 5.41) is 9.23. The number of carbonyl (C=O) groups excluding carboxylic acids is 1. The molecule has 1 aromatic carbocycles. The number of aliphatic hydroxyl groups is 1. The Labute approximate surface area is 101 Å². The fourth-order valence-corrected chi connectivity index (χ4v) is 2.26. The predicted octanol–water partition coefficient (Wildman–Crippen LogP) is 2.03. The van der Waals surface area contributed by atoms with Crippen molar-refractivity contribution in [3.8, 4) is 0 Å². The van der Waals surface area contributed by atoms with Crippen LogP contribution in [0.25, 0.3) is 0 Å². The maximum atomic E-state index is 11.9. The van der Waals surface area contributed by atoms with Crippen LogP contribution in [0.1, 0.15) is 17.5 Å². The van der Waals surface area contributed by atoms with Crippen LogP contribution >= 0.6 is 0 Å². The molecule has 17 heavy (non-hydrogen) atoms. The van der Waals surface area contributed by atoms with E-state index in [1.165, 1.54) is 0 Å². The number of nitrogens with zero attached hydrogens (tertiary/aromatic N) is 1. The molecule has 1 amide bonds. The zero-order valence-corrected chi connectivity index (χ0v) is 10.0. The molecule has 0 spiro atoms. The molecule has 1 saturated heterocycles. The molecule has 1 atom stereocenters. The van der Waals surface area contributed by atoms with E-state index in [0.29, 0.717) is 13.0 Å². The summed E-state index contributed by atoms with van der Waals surface area (Å²) in [6, 6.07) is 5.69. The Kier molecular flexibility index (Phi) is 3.29. The smallest absolute Gasteiger partial charge is 0.227 e. The average molecular weight is 231 g/mol. The van der Waals surface area contributed by atoms with Gasteiger partial charge in [-0.25, -0.2) is 0 Å². The molecule has 1 unspecified atom stereocenters. The summed E-state index contributed by atoms with van der Waals surface area (Å²) in [5.41, 5.74) is 2.76. The van der Waals surface area contributed by atoms with Crippen LogP contribution in [-0.4, -0.2) is 17.6 Å². The molecule has 0 radical (unpaired) electrons. The minimum Gasteiger partial charge on any atom is -0.392 e. The van der Waals surface area contributed by atoms with Gasteiger partial charge in [-0.3, -0.25) is 4.79 Å². The molecule has 2 rings (SSSR count). The standard InChI is InChI=1S/C14H17NO2/c1-3-11-7-14(17)15(8-11)13-6-4-5-12(9-16)10(13)2/h3-6,11,16H,1,7-9H2,2H3. The highest BCUT2D eigenvalue weighted by Crippen LogP contribution is 2.29.